The highest BCUT2D eigenvalue weighted by Gasteiger charge is 2.48. The Balaban J connectivity index is 2.02. The number of aliphatic hydroxyl groups excluding tert-OH is 1. The monoisotopic (exact) mass is 203 g/mol. The van der Waals surface area contributed by atoms with Crippen molar-refractivity contribution in [1.29, 1.82) is 0 Å². The van der Waals surface area contributed by atoms with Crippen molar-refractivity contribution < 1.29 is 5.11 Å². The van der Waals surface area contributed by atoms with Crippen molar-refractivity contribution in [1.82, 2.24) is 5.32 Å². The molecule has 0 aromatic heterocycles. The second-order valence-corrected chi connectivity index (χ2v) is 4.81. The van der Waals surface area contributed by atoms with E-state index in [4.69, 9.17) is 0 Å². The van der Waals surface area contributed by atoms with Gasteiger partial charge >= 0.3 is 0 Å². The second kappa shape index (κ2) is 3.32. The average Bonchev–Trinajstić information content (AvgIpc) is 2.66. The molecule has 1 aromatic carbocycles. The first kappa shape index (κ1) is 9.37. The summed E-state index contributed by atoms with van der Waals surface area (Å²) in [6.07, 6.45) is 4.11. The summed E-state index contributed by atoms with van der Waals surface area (Å²) in [4.78, 5) is 0. The van der Waals surface area contributed by atoms with Crippen LogP contribution in [0.4, 0.5) is 0 Å². The number of hydrogen-bond acceptors (Lipinski definition) is 2. The predicted octanol–water partition coefficient (Wildman–Crippen LogP) is 1.79. The molecule has 0 aliphatic carbocycles. The second-order valence-electron chi connectivity index (χ2n) is 4.81. The van der Waals surface area contributed by atoms with Crippen LogP contribution in [0, 0.1) is 0 Å². The molecule has 2 heterocycles. The first-order valence-corrected chi connectivity index (χ1v) is 5.82. The number of benzene rings is 1. The molecule has 2 bridgehead atoms. The van der Waals surface area contributed by atoms with Crippen LogP contribution in [0.15, 0.2) is 30.3 Å². The molecule has 3 rings (SSSR count). The normalized spacial score (nSPS) is 39.3. The Labute approximate surface area is 90.3 Å². The van der Waals surface area contributed by atoms with E-state index in [2.05, 4.69) is 29.6 Å². The van der Waals surface area contributed by atoms with E-state index in [1.165, 1.54) is 12.0 Å². The number of nitrogens with one attached hydrogen (secondary N) is 1. The van der Waals surface area contributed by atoms with Gasteiger partial charge in [0.25, 0.3) is 0 Å². The minimum Gasteiger partial charge on any atom is -0.391 e. The van der Waals surface area contributed by atoms with E-state index < -0.39 is 0 Å². The largest absolute Gasteiger partial charge is 0.391 e. The van der Waals surface area contributed by atoms with Gasteiger partial charge in [-0.25, -0.2) is 0 Å². The van der Waals surface area contributed by atoms with E-state index in [0.717, 1.165) is 19.3 Å². The van der Waals surface area contributed by atoms with Crippen LogP contribution in [0.2, 0.25) is 0 Å². The van der Waals surface area contributed by atoms with Gasteiger partial charge in [0.1, 0.15) is 0 Å². The molecule has 0 saturated carbocycles. The van der Waals surface area contributed by atoms with Crippen molar-refractivity contribution in [3.63, 3.8) is 0 Å². The molecule has 2 N–H and O–H groups in total. The van der Waals surface area contributed by atoms with Crippen LogP contribution in [0.1, 0.15) is 31.2 Å². The van der Waals surface area contributed by atoms with Gasteiger partial charge in [-0.3, -0.25) is 0 Å². The molecule has 0 radical (unpaired) electrons. The van der Waals surface area contributed by atoms with Gasteiger partial charge in [0.2, 0.25) is 0 Å². The molecule has 0 amide bonds. The number of piperidine rings is 1. The molecule has 2 aliphatic rings. The zero-order valence-electron chi connectivity index (χ0n) is 8.82. The smallest absolute Gasteiger partial charge is 0.0764 e. The molecule has 80 valence electrons. The van der Waals surface area contributed by atoms with Gasteiger partial charge in [-0.2, -0.15) is 0 Å². The van der Waals surface area contributed by atoms with Crippen LogP contribution in [-0.4, -0.2) is 17.3 Å². The third-order valence-corrected chi connectivity index (χ3v) is 4.00. The van der Waals surface area contributed by atoms with Crippen molar-refractivity contribution in [2.24, 2.45) is 0 Å². The number of rotatable bonds is 1. The van der Waals surface area contributed by atoms with Crippen LogP contribution >= 0.6 is 0 Å². The molecule has 2 nitrogen and oxygen atoms in total. The summed E-state index contributed by atoms with van der Waals surface area (Å²) in [7, 11) is 0. The minimum atomic E-state index is -0.223. The lowest BCUT2D eigenvalue weighted by atomic mass is 9.81. The van der Waals surface area contributed by atoms with E-state index in [-0.39, 0.29) is 11.6 Å². The maximum absolute atomic E-state index is 10.2. The molecule has 2 saturated heterocycles. The topological polar surface area (TPSA) is 32.3 Å². The van der Waals surface area contributed by atoms with Crippen LogP contribution in [-0.2, 0) is 5.54 Å². The van der Waals surface area contributed by atoms with E-state index in [1.54, 1.807) is 0 Å². The highest BCUT2D eigenvalue weighted by atomic mass is 16.3. The first-order valence-electron chi connectivity index (χ1n) is 5.82. The fraction of sp³-hybridized carbons (Fsp3) is 0.538. The highest BCUT2D eigenvalue weighted by Crippen LogP contribution is 2.42. The Morgan fingerprint density at radius 1 is 1.13 bits per heavy atom. The number of fused-ring (bicyclic) bond motifs is 2. The van der Waals surface area contributed by atoms with Crippen molar-refractivity contribution in [3.05, 3.63) is 35.9 Å². The first-order chi connectivity index (χ1) is 7.31. The van der Waals surface area contributed by atoms with Crippen molar-refractivity contribution in [2.75, 3.05) is 0 Å². The fourth-order valence-electron chi connectivity index (χ4n) is 3.15. The van der Waals surface area contributed by atoms with Crippen molar-refractivity contribution in [3.8, 4) is 0 Å². The van der Waals surface area contributed by atoms with Crippen LogP contribution in [0.3, 0.4) is 0 Å². The average molecular weight is 203 g/mol. The van der Waals surface area contributed by atoms with Gasteiger partial charge in [0.05, 0.1) is 11.6 Å². The summed E-state index contributed by atoms with van der Waals surface area (Å²) in [5.74, 6) is 0. The van der Waals surface area contributed by atoms with Gasteiger partial charge in [-0.05, 0) is 31.2 Å². The van der Waals surface area contributed by atoms with E-state index >= 15 is 0 Å². The lowest BCUT2D eigenvalue weighted by molar-refractivity contribution is 0.0379. The van der Waals surface area contributed by atoms with Crippen molar-refractivity contribution >= 4 is 0 Å². The Hall–Kier alpha value is -0.860. The SMILES string of the molecule is OC1CCC2CCC1(c1ccccc1)N2. The van der Waals surface area contributed by atoms with Gasteiger partial charge < -0.3 is 10.4 Å². The Morgan fingerprint density at radius 2 is 1.93 bits per heavy atom. The summed E-state index contributed by atoms with van der Waals surface area (Å²) < 4.78 is 0. The van der Waals surface area contributed by atoms with Gasteiger partial charge in [-0.1, -0.05) is 30.3 Å². The molecule has 2 fully saturated rings. The maximum Gasteiger partial charge on any atom is 0.0764 e. The Morgan fingerprint density at radius 3 is 2.73 bits per heavy atom. The molecule has 0 spiro atoms. The van der Waals surface area contributed by atoms with Gasteiger partial charge in [-0.15, -0.1) is 0 Å². The van der Waals surface area contributed by atoms with E-state index in [0.29, 0.717) is 6.04 Å². The molecular weight excluding hydrogens is 186 g/mol. The number of aliphatic hydroxyl groups is 1. The third kappa shape index (κ3) is 1.32. The quantitative estimate of drug-likeness (QED) is 0.729. The zero-order valence-corrected chi connectivity index (χ0v) is 8.82. The predicted molar refractivity (Wildman–Crippen MR) is 59.5 cm³/mol. The lowest BCUT2D eigenvalue weighted by Crippen LogP contribution is -2.53. The molecule has 3 atom stereocenters. The van der Waals surface area contributed by atoms with E-state index in [1.807, 2.05) is 6.07 Å². The maximum atomic E-state index is 10.2. The van der Waals surface area contributed by atoms with Crippen LogP contribution < -0.4 is 5.32 Å². The summed E-state index contributed by atoms with van der Waals surface area (Å²) in [6, 6.07) is 11.0. The number of hydrogen-bond donors (Lipinski definition) is 2. The standard InChI is InChI=1S/C13H17NO/c15-12-7-6-11-8-9-13(12,14-11)10-4-2-1-3-5-10/h1-5,11-12,14-15H,6-9H2. The molecular formula is C13H17NO. The summed E-state index contributed by atoms with van der Waals surface area (Å²) in [5.41, 5.74) is 1.10. The van der Waals surface area contributed by atoms with Gasteiger partial charge in [0, 0.05) is 6.04 Å². The molecule has 2 heteroatoms. The Bertz CT molecular complexity index is 351. The van der Waals surface area contributed by atoms with Crippen LogP contribution in [0.25, 0.3) is 0 Å². The summed E-state index contributed by atoms with van der Waals surface area (Å²) in [6.45, 7) is 0. The highest BCUT2D eigenvalue weighted by molar-refractivity contribution is 5.29. The molecule has 1 aromatic rings. The summed E-state index contributed by atoms with van der Waals surface area (Å²) >= 11 is 0. The zero-order chi connectivity index (χ0) is 10.3. The van der Waals surface area contributed by atoms with Crippen molar-refractivity contribution in [2.45, 2.75) is 43.4 Å². The summed E-state index contributed by atoms with van der Waals surface area (Å²) in [5, 5.41) is 13.9. The Kier molecular flexibility index (Phi) is 2.08. The molecule has 3 unspecified atom stereocenters. The third-order valence-electron chi connectivity index (χ3n) is 4.00. The molecule has 15 heavy (non-hydrogen) atoms. The van der Waals surface area contributed by atoms with E-state index in [9.17, 15) is 5.11 Å². The minimum absolute atomic E-state index is 0.149. The van der Waals surface area contributed by atoms with Gasteiger partial charge in [0.15, 0.2) is 0 Å². The van der Waals surface area contributed by atoms with Crippen LogP contribution in [0.5, 0.6) is 0 Å². The lowest BCUT2D eigenvalue weighted by Gasteiger charge is -2.39. The molecule has 2 aliphatic heterocycles. The fourth-order valence-corrected chi connectivity index (χ4v) is 3.15.